The van der Waals surface area contributed by atoms with Gasteiger partial charge in [0.05, 0.1) is 5.69 Å². The third-order valence-corrected chi connectivity index (χ3v) is 12.4. The van der Waals surface area contributed by atoms with Gasteiger partial charge in [-0.05, 0) is 91.3 Å². The Labute approximate surface area is 330 Å². The average Bonchev–Trinajstić information content (AvgIpc) is 3.66. The van der Waals surface area contributed by atoms with E-state index in [1.54, 1.807) is 0 Å². The summed E-state index contributed by atoms with van der Waals surface area (Å²) in [4.78, 5) is 2.46. The van der Waals surface area contributed by atoms with Crippen molar-refractivity contribution >= 4 is 80.9 Å². The molecule has 0 saturated heterocycles. The molecule has 0 aliphatic heterocycles. The molecule has 0 radical (unpaired) electrons. The van der Waals surface area contributed by atoms with Gasteiger partial charge in [0, 0.05) is 42.3 Å². The lowest BCUT2D eigenvalue weighted by molar-refractivity contribution is 1.31. The molecule has 262 valence electrons. The van der Waals surface area contributed by atoms with E-state index in [1.165, 1.54) is 85.9 Å². The Bertz CT molecular complexity index is 3230. The van der Waals surface area contributed by atoms with E-state index in [-0.39, 0.29) is 0 Å². The third-order valence-electron chi connectivity index (χ3n) is 11.2. The minimum Gasteiger partial charge on any atom is -0.310 e. The van der Waals surface area contributed by atoms with E-state index in [4.69, 9.17) is 0 Å². The Hall–Kier alpha value is -7.00. The summed E-state index contributed by atoms with van der Waals surface area (Å²) in [6.07, 6.45) is 0. The summed E-state index contributed by atoms with van der Waals surface area (Å²) in [6.45, 7) is 0. The molecule has 0 fully saturated rings. The van der Waals surface area contributed by atoms with Crippen molar-refractivity contribution in [2.24, 2.45) is 0 Å². The first kappa shape index (κ1) is 32.4. The minimum atomic E-state index is 1.11. The van der Waals surface area contributed by atoms with Gasteiger partial charge >= 0.3 is 0 Å². The van der Waals surface area contributed by atoms with Crippen LogP contribution in [-0.4, -0.2) is 0 Å². The predicted octanol–water partition coefficient (Wildman–Crippen LogP) is 16.0. The molecule has 0 aliphatic rings. The molecule has 0 spiro atoms. The first-order chi connectivity index (χ1) is 27.8. The number of benzene rings is 10. The zero-order chi connectivity index (χ0) is 37.0. The summed E-state index contributed by atoms with van der Waals surface area (Å²) in [5.74, 6) is 0. The molecule has 1 heterocycles. The van der Waals surface area contributed by atoms with E-state index in [1.807, 2.05) is 11.3 Å². The Morgan fingerprint density at radius 1 is 0.321 bits per heavy atom. The second-order valence-electron chi connectivity index (χ2n) is 14.5. The second kappa shape index (κ2) is 13.4. The van der Waals surface area contributed by atoms with Crippen LogP contribution in [0, 0.1) is 0 Å². The second-order valence-corrected chi connectivity index (χ2v) is 15.5. The highest BCUT2D eigenvalue weighted by Crippen LogP contribution is 2.49. The van der Waals surface area contributed by atoms with Crippen LogP contribution in [0.25, 0.3) is 85.9 Å². The van der Waals surface area contributed by atoms with Crippen LogP contribution in [0.1, 0.15) is 0 Å². The monoisotopic (exact) mass is 729 g/mol. The topological polar surface area (TPSA) is 3.24 Å². The summed E-state index contributed by atoms with van der Waals surface area (Å²) in [7, 11) is 0. The van der Waals surface area contributed by atoms with Gasteiger partial charge in [-0.3, -0.25) is 0 Å². The zero-order valence-electron chi connectivity index (χ0n) is 30.6. The molecule has 2 heteroatoms. The SMILES string of the molecule is c1ccc(-c2ccc(-c3ccc(N(c4ccc5ccccc5c4)c4cc5c(sc6cccc(-c7cccc8ccccc78)c65)c5ccccc45)cc3)cc2)cc1. The smallest absolute Gasteiger partial charge is 0.0547 e. The highest BCUT2D eigenvalue weighted by Gasteiger charge is 2.21. The van der Waals surface area contributed by atoms with E-state index < -0.39 is 0 Å². The van der Waals surface area contributed by atoms with E-state index in [0.717, 1.165) is 17.1 Å². The standard InChI is InChI=1S/C54H35NS/c1-2-12-36(13-3-1)38-24-26-39(27-25-38)40-28-31-43(32-29-40)55(44-33-30-37-14-4-5-16-42(37)34-44)51-35-50-53-48(46-21-10-17-41-15-6-7-18-45(41)46)22-11-23-52(53)56-54(50)49-20-9-8-19-47(49)51/h1-35H. The van der Waals surface area contributed by atoms with Gasteiger partial charge in [0.1, 0.15) is 0 Å². The summed E-state index contributed by atoms with van der Waals surface area (Å²) >= 11 is 1.90. The average molecular weight is 730 g/mol. The van der Waals surface area contributed by atoms with Gasteiger partial charge in [0.2, 0.25) is 0 Å². The number of hydrogen-bond donors (Lipinski definition) is 0. The fraction of sp³-hybridized carbons (Fsp3) is 0. The van der Waals surface area contributed by atoms with Crippen LogP contribution in [-0.2, 0) is 0 Å². The van der Waals surface area contributed by atoms with E-state index in [0.29, 0.717) is 0 Å². The quantitative estimate of drug-likeness (QED) is 0.165. The number of rotatable bonds is 6. The molecule has 0 amide bonds. The molecule has 0 saturated carbocycles. The van der Waals surface area contributed by atoms with Crippen molar-refractivity contribution in [2.75, 3.05) is 4.90 Å². The van der Waals surface area contributed by atoms with Crippen LogP contribution >= 0.6 is 11.3 Å². The molecule has 0 N–H and O–H groups in total. The normalized spacial score (nSPS) is 11.6. The maximum Gasteiger partial charge on any atom is 0.0547 e. The molecule has 0 unspecified atom stereocenters. The summed E-state index contributed by atoms with van der Waals surface area (Å²) < 4.78 is 2.62. The zero-order valence-corrected chi connectivity index (χ0v) is 31.4. The summed E-state index contributed by atoms with van der Waals surface area (Å²) in [6, 6.07) is 77.7. The maximum absolute atomic E-state index is 2.46. The number of nitrogens with zero attached hydrogens (tertiary/aromatic N) is 1. The molecule has 10 aromatic carbocycles. The lowest BCUT2D eigenvalue weighted by Gasteiger charge is -2.28. The van der Waals surface area contributed by atoms with Crippen LogP contribution in [0.5, 0.6) is 0 Å². The van der Waals surface area contributed by atoms with Crippen LogP contribution in [0.2, 0.25) is 0 Å². The third kappa shape index (κ3) is 5.46. The largest absolute Gasteiger partial charge is 0.310 e. The number of anilines is 3. The Kier molecular flexibility index (Phi) is 7.75. The van der Waals surface area contributed by atoms with Gasteiger partial charge < -0.3 is 4.90 Å². The molecule has 11 aromatic rings. The van der Waals surface area contributed by atoms with E-state index >= 15 is 0 Å². The molecule has 0 bridgehead atoms. The fourth-order valence-electron chi connectivity index (χ4n) is 8.53. The van der Waals surface area contributed by atoms with Gasteiger partial charge in [-0.15, -0.1) is 11.3 Å². The molecule has 0 aliphatic carbocycles. The molecule has 56 heavy (non-hydrogen) atoms. The molecular formula is C54H35NS. The van der Waals surface area contributed by atoms with Crippen molar-refractivity contribution in [1.29, 1.82) is 0 Å². The van der Waals surface area contributed by atoms with Gasteiger partial charge in [-0.1, -0.05) is 176 Å². The molecule has 1 aromatic heterocycles. The first-order valence-electron chi connectivity index (χ1n) is 19.2. The Morgan fingerprint density at radius 2 is 0.875 bits per heavy atom. The van der Waals surface area contributed by atoms with Gasteiger partial charge in [-0.25, -0.2) is 0 Å². The molecular weight excluding hydrogens is 695 g/mol. The Balaban J connectivity index is 1.12. The first-order valence-corrected chi connectivity index (χ1v) is 20.0. The van der Waals surface area contributed by atoms with Crippen LogP contribution in [0.3, 0.4) is 0 Å². The molecule has 0 atom stereocenters. The number of fused-ring (bicyclic) bond motifs is 7. The van der Waals surface area contributed by atoms with Gasteiger partial charge in [0.15, 0.2) is 0 Å². The summed E-state index contributed by atoms with van der Waals surface area (Å²) in [5.41, 5.74) is 10.8. The van der Waals surface area contributed by atoms with Crippen LogP contribution < -0.4 is 4.90 Å². The highest BCUT2D eigenvalue weighted by molar-refractivity contribution is 7.26. The van der Waals surface area contributed by atoms with Gasteiger partial charge in [-0.2, -0.15) is 0 Å². The van der Waals surface area contributed by atoms with Crippen molar-refractivity contribution in [3.05, 3.63) is 212 Å². The highest BCUT2D eigenvalue weighted by atomic mass is 32.1. The van der Waals surface area contributed by atoms with Gasteiger partial charge in [0.25, 0.3) is 0 Å². The lowest BCUT2D eigenvalue weighted by atomic mass is 9.93. The number of thiophene rings is 1. The van der Waals surface area contributed by atoms with Crippen molar-refractivity contribution in [2.45, 2.75) is 0 Å². The fourth-order valence-corrected chi connectivity index (χ4v) is 9.78. The molecule has 11 rings (SSSR count). The van der Waals surface area contributed by atoms with Crippen LogP contribution in [0.15, 0.2) is 212 Å². The van der Waals surface area contributed by atoms with Crippen molar-refractivity contribution < 1.29 is 0 Å². The maximum atomic E-state index is 2.46. The Morgan fingerprint density at radius 3 is 1.64 bits per heavy atom. The van der Waals surface area contributed by atoms with Crippen molar-refractivity contribution in [3.8, 4) is 33.4 Å². The van der Waals surface area contributed by atoms with Crippen molar-refractivity contribution in [3.63, 3.8) is 0 Å². The lowest BCUT2D eigenvalue weighted by Crippen LogP contribution is -2.10. The molecule has 1 nitrogen and oxygen atoms in total. The van der Waals surface area contributed by atoms with E-state index in [2.05, 4.69) is 217 Å². The number of hydrogen-bond acceptors (Lipinski definition) is 2. The summed E-state index contributed by atoms with van der Waals surface area (Å²) in [5, 5.41) is 10.1. The minimum absolute atomic E-state index is 1.11. The van der Waals surface area contributed by atoms with E-state index in [9.17, 15) is 0 Å². The predicted molar refractivity (Wildman–Crippen MR) is 243 cm³/mol. The van der Waals surface area contributed by atoms with Crippen LogP contribution in [0.4, 0.5) is 17.1 Å². The van der Waals surface area contributed by atoms with Crippen molar-refractivity contribution in [1.82, 2.24) is 0 Å².